The molecule has 0 spiro atoms. The van der Waals surface area contributed by atoms with Gasteiger partial charge in [-0.3, -0.25) is 0 Å². The molecule has 6 aromatic rings. The highest BCUT2D eigenvalue weighted by Gasteiger charge is 2.43. The molecule has 0 saturated carbocycles. The van der Waals surface area contributed by atoms with Gasteiger partial charge in [-0.2, -0.15) is 8.75 Å². The van der Waals surface area contributed by atoms with Gasteiger partial charge in [-0.05, 0) is 107 Å². The van der Waals surface area contributed by atoms with Crippen molar-refractivity contribution in [3.63, 3.8) is 0 Å². The largest absolute Gasteiger partial charge is 0.172 e. The van der Waals surface area contributed by atoms with Crippen molar-refractivity contribution < 1.29 is 0 Å². The summed E-state index contributed by atoms with van der Waals surface area (Å²) in [6.45, 7) is 14.5. The van der Waals surface area contributed by atoms with Crippen molar-refractivity contribution in [2.75, 3.05) is 0 Å². The number of hydrogen-bond acceptors (Lipinski definition) is 5. The molecule has 2 nitrogen and oxygen atoms in total. The van der Waals surface area contributed by atoms with Gasteiger partial charge in [-0.25, -0.2) is 0 Å². The molecule has 3 aromatic heterocycles. The van der Waals surface area contributed by atoms with E-state index in [1.807, 2.05) is 11.3 Å². The second-order valence-electron chi connectivity index (χ2n) is 16.6. The number of hydrogen-bond donors (Lipinski definition) is 0. The first-order chi connectivity index (χ1) is 25.2. The molecule has 1 aliphatic rings. The fraction of sp³-hybridized carbons (Fsp3) is 0.447. The molecule has 0 bridgehead atoms. The maximum atomic E-state index is 4.80. The van der Waals surface area contributed by atoms with E-state index >= 15 is 0 Å². The first-order valence-corrected chi connectivity index (χ1v) is 22.3. The van der Waals surface area contributed by atoms with Crippen LogP contribution in [-0.4, -0.2) is 8.75 Å². The number of aromatic nitrogens is 2. The van der Waals surface area contributed by atoms with Crippen LogP contribution in [0, 0.1) is 23.7 Å². The third kappa shape index (κ3) is 7.88. The normalized spacial score (nSPS) is 16.5. The van der Waals surface area contributed by atoms with Crippen LogP contribution in [0.4, 0.5) is 0 Å². The molecule has 2 unspecified atom stereocenters. The molecule has 0 saturated heterocycles. The van der Waals surface area contributed by atoms with Gasteiger partial charge >= 0.3 is 0 Å². The Bertz CT molecular complexity index is 2040. The van der Waals surface area contributed by atoms with E-state index in [4.69, 9.17) is 8.75 Å². The lowest BCUT2D eigenvalue weighted by atomic mass is 9.69. The van der Waals surface area contributed by atoms with Crippen LogP contribution < -0.4 is 0 Å². The smallest absolute Gasteiger partial charge is 0.114 e. The van der Waals surface area contributed by atoms with Crippen molar-refractivity contribution in [1.29, 1.82) is 0 Å². The summed E-state index contributed by atoms with van der Waals surface area (Å²) in [5.41, 5.74) is 11.8. The highest BCUT2D eigenvalue weighted by Crippen LogP contribution is 2.56. The third-order valence-corrected chi connectivity index (χ3v) is 14.3. The topological polar surface area (TPSA) is 25.8 Å². The Labute approximate surface area is 325 Å². The molecule has 7 rings (SSSR count). The van der Waals surface area contributed by atoms with Crippen molar-refractivity contribution in [2.45, 2.75) is 111 Å². The Morgan fingerprint density at radius 3 is 1.77 bits per heavy atom. The van der Waals surface area contributed by atoms with Gasteiger partial charge in [0.25, 0.3) is 0 Å². The van der Waals surface area contributed by atoms with Crippen LogP contribution in [0.1, 0.15) is 117 Å². The van der Waals surface area contributed by atoms with Gasteiger partial charge in [0.1, 0.15) is 11.0 Å². The van der Waals surface area contributed by atoms with Gasteiger partial charge in [-0.1, -0.05) is 135 Å². The van der Waals surface area contributed by atoms with E-state index in [0.29, 0.717) is 0 Å². The van der Waals surface area contributed by atoms with Crippen LogP contribution in [0.3, 0.4) is 0 Å². The summed E-state index contributed by atoms with van der Waals surface area (Å²) < 4.78 is 9.55. The fourth-order valence-electron chi connectivity index (χ4n) is 8.63. The summed E-state index contributed by atoms with van der Waals surface area (Å²) in [5, 5.41) is 2.13. The summed E-state index contributed by atoms with van der Waals surface area (Å²) >= 11 is 4.96. The van der Waals surface area contributed by atoms with E-state index in [0.717, 1.165) is 34.7 Å². The first-order valence-electron chi connectivity index (χ1n) is 19.9. The quantitative estimate of drug-likeness (QED) is 0.0929. The number of nitrogens with zero attached hydrogens (tertiary/aromatic N) is 2. The van der Waals surface area contributed by atoms with Crippen molar-refractivity contribution in [2.24, 2.45) is 23.7 Å². The Kier molecular flexibility index (Phi) is 11.8. The fourth-order valence-corrected chi connectivity index (χ4v) is 11.0. The summed E-state index contributed by atoms with van der Waals surface area (Å²) in [7, 11) is 0. The minimum atomic E-state index is 0.0523. The number of rotatable bonds is 17. The molecule has 52 heavy (non-hydrogen) atoms. The summed E-state index contributed by atoms with van der Waals surface area (Å²) in [5.74, 6) is 3.05. The van der Waals surface area contributed by atoms with Gasteiger partial charge in [0, 0.05) is 31.2 Å². The molecule has 272 valence electrons. The van der Waals surface area contributed by atoms with Crippen molar-refractivity contribution >= 4 is 45.4 Å². The van der Waals surface area contributed by atoms with Gasteiger partial charge in [0.2, 0.25) is 0 Å². The molecule has 0 radical (unpaired) electrons. The second kappa shape index (κ2) is 16.5. The highest BCUT2D eigenvalue weighted by molar-refractivity contribution is 7.19. The Morgan fingerprint density at radius 2 is 1.13 bits per heavy atom. The molecule has 0 aliphatic heterocycles. The standard InChI is InChI=1S/C47H56N2S3/c1-31(2)12-9-14-33(5)25-27-47(28-26-34(6)15-10-13-32(3)4)40-17-8-7-16-36(40)37-20-19-35(30-41(37)47)42-23-24-44(51-42)39-22-21-38(43-18-11-29-50-43)45-46(39)49-52-48-45/h7-8,11,16-24,29-34H,9-10,12-15,25-28H2,1-6H3. The predicted molar refractivity (Wildman–Crippen MR) is 230 cm³/mol. The zero-order valence-corrected chi connectivity index (χ0v) is 34.5. The molecule has 3 aromatic carbocycles. The Morgan fingerprint density at radius 1 is 0.538 bits per heavy atom. The van der Waals surface area contributed by atoms with Crippen LogP contribution in [-0.2, 0) is 5.41 Å². The maximum absolute atomic E-state index is 4.80. The lowest BCUT2D eigenvalue weighted by Crippen LogP contribution is -2.27. The zero-order chi connectivity index (χ0) is 36.2. The third-order valence-electron chi connectivity index (χ3n) is 11.7. The highest BCUT2D eigenvalue weighted by atomic mass is 32.1. The SMILES string of the molecule is CC(C)CCCC(C)CCC1(CCC(C)CCCC(C)C)c2ccccc2-c2ccc(-c3ccc(-c4ccc(-c5cccs5)c5nsnc45)s3)cc21. The zero-order valence-electron chi connectivity index (χ0n) is 32.1. The van der Waals surface area contributed by atoms with Gasteiger partial charge in [0.15, 0.2) is 0 Å². The van der Waals surface area contributed by atoms with Crippen LogP contribution >= 0.6 is 34.4 Å². The number of fused-ring (bicyclic) bond motifs is 4. The van der Waals surface area contributed by atoms with Crippen LogP contribution in [0.2, 0.25) is 0 Å². The lowest BCUT2D eigenvalue weighted by molar-refractivity contribution is 0.327. The minimum Gasteiger partial charge on any atom is -0.172 e. The first kappa shape index (κ1) is 37.2. The van der Waals surface area contributed by atoms with Crippen LogP contribution in [0.25, 0.3) is 53.5 Å². The summed E-state index contributed by atoms with van der Waals surface area (Å²) in [4.78, 5) is 3.82. The molecular weight excluding hydrogens is 689 g/mol. The average Bonchev–Trinajstić information content (AvgIpc) is 3.96. The summed E-state index contributed by atoms with van der Waals surface area (Å²) in [6, 6.07) is 30.2. The van der Waals surface area contributed by atoms with E-state index in [1.165, 1.54) is 118 Å². The molecular formula is C47H56N2S3. The Hall–Kier alpha value is -3.12. The molecule has 3 heterocycles. The van der Waals surface area contributed by atoms with Crippen molar-refractivity contribution in [1.82, 2.24) is 8.75 Å². The molecule has 0 fully saturated rings. The summed E-state index contributed by atoms with van der Waals surface area (Å²) in [6.07, 6.45) is 13.0. The van der Waals surface area contributed by atoms with Gasteiger partial charge < -0.3 is 0 Å². The van der Waals surface area contributed by atoms with E-state index in [9.17, 15) is 0 Å². The number of benzene rings is 3. The van der Waals surface area contributed by atoms with Crippen molar-refractivity contribution in [3.8, 4) is 42.4 Å². The average molecular weight is 745 g/mol. The Balaban J connectivity index is 1.22. The monoisotopic (exact) mass is 744 g/mol. The van der Waals surface area contributed by atoms with E-state index < -0.39 is 0 Å². The minimum absolute atomic E-state index is 0.0523. The molecule has 0 amide bonds. The molecule has 1 aliphatic carbocycles. The van der Waals surface area contributed by atoms with E-state index in [-0.39, 0.29) is 5.41 Å². The molecule has 0 N–H and O–H groups in total. The second-order valence-corrected chi connectivity index (χ2v) is 19.1. The van der Waals surface area contributed by atoms with Crippen LogP contribution in [0.15, 0.2) is 84.2 Å². The number of thiophene rings is 2. The predicted octanol–water partition coefficient (Wildman–Crippen LogP) is 15.6. The maximum Gasteiger partial charge on any atom is 0.114 e. The molecule has 2 atom stereocenters. The van der Waals surface area contributed by atoms with Gasteiger partial charge in [-0.15, -0.1) is 22.7 Å². The van der Waals surface area contributed by atoms with Crippen molar-refractivity contribution in [3.05, 3.63) is 95.4 Å². The van der Waals surface area contributed by atoms with Crippen LogP contribution in [0.5, 0.6) is 0 Å². The lowest BCUT2D eigenvalue weighted by Gasteiger charge is -2.35. The van der Waals surface area contributed by atoms with E-state index in [1.54, 1.807) is 22.5 Å². The van der Waals surface area contributed by atoms with Gasteiger partial charge in [0.05, 0.1) is 11.7 Å². The van der Waals surface area contributed by atoms with E-state index in [2.05, 4.69) is 126 Å². The molecule has 5 heteroatoms.